The number of carbonyl (C=O) groups excluding carboxylic acids is 2. The fraction of sp³-hybridized carbons (Fsp3) is 0.320. The van der Waals surface area contributed by atoms with Gasteiger partial charge in [0.2, 0.25) is 0 Å². The minimum absolute atomic E-state index is 0.0743. The molecule has 7 nitrogen and oxygen atoms in total. The normalized spacial score (nSPS) is 10.9. The summed E-state index contributed by atoms with van der Waals surface area (Å²) in [5, 5.41) is 6.73. The second-order valence-electron chi connectivity index (χ2n) is 8.20. The van der Waals surface area contributed by atoms with Gasteiger partial charge in [0.05, 0.1) is 0 Å². The number of benzene rings is 1. The highest BCUT2D eigenvalue weighted by atomic mass is 32.1. The van der Waals surface area contributed by atoms with E-state index >= 15 is 0 Å². The van der Waals surface area contributed by atoms with Gasteiger partial charge in [-0.1, -0.05) is 36.4 Å². The summed E-state index contributed by atoms with van der Waals surface area (Å²) in [5.41, 5.74) is 9.81. The lowest BCUT2D eigenvalue weighted by molar-refractivity contribution is 0.0988. The summed E-state index contributed by atoms with van der Waals surface area (Å²) >= 11 is 1.48. The van der Waals surface area contributed by atoms with E-state index in [4.69, 9.17) is 5.73 Å². The van der Waals surface area contributed by atoms with E-state index in [0.29, 0.717) is 31.0 Å². The molecule has 8 heteroatoms. The van der Waals surface area contributed by atoms with Crippen LogP contribution in [0.15, 0.2) is 59.4 Å². The first-order chi connectivity index (χ1) is 15.9. The molecule has 33 heavy (non-hydrogen) atoms. The number of nitrogens with two attached hydrogens (primary N) is 1. The van der Waals surface area contributed by atoms with Gasteiger partial charge in [-0.05, 0) is 48.7 Å². The van der Waals surface area contributed by atoms with Crippen LogP contribution in [0.25, 0.3) is 0 Å². The molecule has 0 saturated heterocycles. The number of anilines is 1. The van der Waals surface area contributed by atoms with Crippen molar-refractivity contribution in [3.05, 3.63) is 81.8 Å². The Hall–Kier alpha value is -3.23. The standard InChI is InChI=1S/C25H31N5O2S/c1-29(2)12-13-30(25(32)27-11-10-19-6-4-3-5-7-19)16-20-8-9-23(28-15-20)24(31)14-21-17-33-18-22(21)26/h3-9,15,17-18H,10-14,16,26H2,1-2H3,(H,27,32). The van der Waals surface area contributed by atoms with E-state index in [-0.39, 0.29) is 18.2 Å². The van der Waals surface area contributed by atoms with E-state index in [1.54, 1.807) is 17.2 Å². The monoisotopic (exact) mass is 465 g/mol. The molecule has 0 bridgehead atoms. The highest BCUT2D eigenvalue weighted by Crippen LogP contribution is 2.19. The fourth-order valence-electron chi connectivity index (χ4n) is 3.29. The number of amides is 2. The highest BCUT2D eigenvalue weighted by molar-refractivity contribution is 7.08. The van der Waals surface area contributed by atoms with Crippen LogP contribution in [-0.4, -0.2) is 60.3 Å². The number of nitrogen functional groups attached to an aromatic ring is 1. The molecule has 0 aliphatic rings. The molecule has 2 heterocycles. The maximum atomic E-state index is 12.8. The van der Waals surface area contributed by atoms with Crippen LogP contribution in [0.3, 0.4) is 0 Å². The predicted molar refractivity (Wildman–Crippen MR) is 134 cm³/mol. The number of Topliss-reactive ketones (excluding diaryl/α,β-unsaturated/α-hetero) is 1. The lowest BCUT2D eigenvalue weighted by atomic mass is 10.1. The molecule has 0 fully saturated rings. The Morgan fingerprint density at radius 1 is 1.03 bits per heavy atom. The van der Waals surface area contributed by atoms with Crippen LogP contribution in [-0.2, 0) is 19.4 Å². The van der Waals surface area contributed by atoms with Crippen molar-refractivity contribution in [3.63, 3.8) is 0 Å². The maximum absolute atomic E-state index is 12.8. The highest BCUT2D eigenvalue weighted by Gasteiger charge is 2.16. The van der Waals surface area contributed by atoms with Crippen molar-refractivity contribution in [2.45, 2.75) is 19.4 Å². The number of nitrogens with zero attached hydrogens (tertiary/aromatic N) is 3. The zero-order valence-corrected chi connectivity index (χ0v) is 20.0. The molecule has 3 rings (SSSR count). The number of hydrogen-bond donors (Lipinski definition) is 2. The molecule has 1 aromatic carbocycles. The van der Waals surface area contributed by atoms with Gasteiger partial charge in [-0.25, -0.2) is 4.79 Å². The van der Waals surface area contributed by atoms with E-state index < -0.39 is 0 Å². The van der Waals surface area contributed by atoms with Crippen LogP contribution in [0, 0.1) is 0 Å². The maximum Gasteiger partial charge on any atom is 0.317 e. The number of thiophene rings is 1. The van der Waals surface area contributed by atoms with Crippen LogP contribution >= 0.6 is 11.3 Å². The molecule has 0 spiro atoms. The number of carbonyl (C=O) groups is 2. The topological polar surface area (TPSA) is 91.6 Å². The lowest BCUT2D eigenvalue weighted by Gasteiger charge is -2.25. The van der Waals surface area contributed by atoms with E-state index in [2.05, 4.69) is 22.4 Å². The molecule has 0 saturated carbocycles. The first-order valence-electron chi connectivity index (χ1n) is 10.9. The van der Waals surface area contributed by atoms with Crippen LogP contribution in [0.5, 0.6) is 0 Å². The summed E-state index contributed by atoms with van der Waals surface area (Å²) in [6.45, 7) is 2.32. The third-order valence-electron chi connectivity index (χ3n) is 5.25. The molecule has 2 aromatic heterocycles. The van der Waals surface area contributed by atoms with Crippen molar-refractivity contribution < 1.29 is 9.59 Å². The molecule has 3 N–H and O–H groups in total. The van der Waals surface area contributed by atoms with E-state index in [0.717, 1.165) is 24.1 Å². The molecular weight excluding hydrogens is 434 g/mol. The molecule has 2 amide bonds. The Bertz CT molecular complexity index is 1030. The van der Waals surface area contributed by atoms with Crippen molar-refractivity contribution in [1.29, 1.82) is 0 Å². The molecule has 0 atom stereocenters. The Balaban J connectivity index is 1.58. The zero-order chi connectivity index (χ0) is 23.6. The van der Waals surface area contributed by atoms with Crippen molar-refractivity contribution in [2.75, 3.05) is 39.5 Å². The van der Waals surface area contributed by atoms with Gasteiger partial charge in [0.1, 0.15) is 5.69 Å². The van der Waals surface area contributed by atoms with Crippen LogP contribution in [0.4, 0.5) is 10.5 Å². The van der Waals surface area contributed by atoms with Gasteiger partial charge >= 0.3 is 6.03 Å². The van der Waals surface area contributed by atoms with E-state index in [9.17, 15) is 9.59 Å². The molecule has 0 aliphatic heterocycles. The third kappa shape index (κ3) is 7.69. The molecular formula is C25H31N5O2S. The van der Waals surface area contributed by atoms with Crippen LogP contribution < -0.4 is 11.1 Å². The summed E-state index contributed by atoms with van der Waals surface area (Å²) in [5.74, 6) is -0.0743. The molecule has 174 valence electrons. The van der Waals surface area contributed by atoms with Gasteiger partial charge in [0.25, 0.3) is 0 Å². The largest absolute Gasteiger partial charge is 0.398 e. The number of likely N-dealkylation sites (N-methyl/N-ethyl adjacent to an activating group) is 1. The van der Waals surface area contributed by atoms with Crippen molar-refractivity contribution in [2.24, 2.45) is 0 Å². The summed E-state index contributed by atoms with van der Waals surface area (Å²) in [6, 6.07) is 13.5. The van der Waals surface area contributed by atoms with E-state index in [1.807, 2.05) is 54.0 Å². The minimum Gasteiger partial charge on any atom is -0.398 e. The molecule has 3 aromatic rings. The van der Waals surface area contributed by atoms with Crippen LogP contribution in [0.2, 0.25) is 0 Å². The average Bonchev–Trinajstić information content (AvgIpc) is 3.21. The average molecular weight is 466 g/mol. The van der Waals surface area contributed by atoms with Gasteiger partial charge in [0, 0.05) is 49.9 Å². The molecule has 0 unspecified atom stereocenters. The number of urea groups is 1. The molecule has 0 radical (unpaired) electrons. The summed E-state index contributed by atoms with van der Waals surface area (Å²) in [7, 11) is 3.96. The fourth-order valence-corrected chi connectivity index (χ4v) is 4.04. The summed E-state index contributed by atoms with van der Waals surface area (Å²) < 4.78 is 0. The third-order valence-corrected chi connectivity index (χ3v) is 6.06. The minimum atomic E-state index is -0.110. The first kappa shape index (κ1) is 24.4. The summed E-state index contributed by atoms with van der Waals surface area (Å²) in [4.78, 5) is 33.5. The number of nitrogens with one attached hydrogen (secondary N) is 1. The zero-order valence-electron chi connectivity index (χ0n) is 19.2. The van der Waals surface area contributed by atoms with Crippen molar-refractivity contribution in [1.82, 2.24) is 20.1 Å². The summed E-state index contributed by atoms with van der Waals surface area (Å²) in [6.07, 6.45) is 2.69. The first-order valence-corrected chi connectivity index (χ1v) is 11.9. The number of rotatable bonds is 11. The second-order valence-corrected chi connectivity index (χ2v) is 8.94. The Morgan fingerprint density at radius 3 is 2.45 bits per heavy atom. The predicted octanol–water partition coefficient (Wildman–Crippen LogP) is 3.47. The van der Waals surface area contributed by atoms with Gasteiger partial charge < -0.3 is 20.9 Å². The van der Waals surface area contributed by atoms with Gasteiger partial charge in [0.15, 0.2) is 5.78 Å². The number of ketones is 1. The SMILES string of the molecule is CN(C)CCN(Cc1ccc(C(=O)Cc2cscc2N)nc1)C(=O)NCCc1ccccc1. The Morgan fingerprint density at radius 2 is 1.82 bits per heavy atom. The van der Waals surface area contributed by atoms with Crippen molar-refractivity contribution in [3.8, 4) is 0 Å². The molecule has 0 aliphatic carbocycles. The van der Waals surface area contributed by atoms with Gasteiger partial charge in [-0.15, -0.1) is 11.3 Å². The Labute approximate surface area is 199 Å². The van der Waals surface area contributed by atoms with Crippen LogP contribution in [0.1, 0.15) is 27.2 Å². The van der Waals surface area contributed by atoms with Gasteiger partial charge in [-0.3, -0.25) is 9.78 Å². The number of hydrogen-bond acceptors (Lipinski definition) is 6. The quantitative estimate of drug-likeness (QED) is 0.423. The van der Waals surface area contributed by atoms with Gasteiger partial charge in [-0.2, -0.15) is 0 Å². The van der Waals surface area contributed by atoms with E-state index in [1.165, 1.54) is 16.9 Å². The smallest absolute Gasteiger partial charge is 0.317 e. The van der Waals surface area contributed by atoms with Crippen molar-refractivity contribution >= 4 is 28.8 Å². The number of pyridine rings is 1. The number of aromatic nitrogens is 1. The Kier molecular flexibility index (Phi) is 8.97. The second kappa shape index (κ2) is 12.1. The lowest BCUT2D eigenvalue weighted by Crippen LogP contribution is -2.43.